The van der Waals surface area contributed by atoms with E-state index in [2.05, 4.69) is 9.80 Å². The first-order valence-electron chi connectivity index (χ1n) is 9.51. The monoisotopic (exact) mass is 363 g/mol. The summed E-state index contributed by atoms with van der Waals surface area (Å²) in [4.78, 5) is 18.6. The molecule has 2 heterocycles. The third-order valence-corrected chi connectivity index (χ3v) is 5.02. The van der Waals surface area contributed by atoms with Crippen LogP contribution in [0.2, 0.25) is 0 Å². The van der Waals surface area contributed by atoms with Gasteiger partial charge in [-0.2, -0.15) is 0 Å². The van der Waals surface area contributed by atoms with Crippen LogP contribution in [0.4, 0.5) is 14.9 Å². The van der Waals surface area contributed by atoms with Gasteiger partial charge in [-0.3, -0.25) is 4.90 Å². The molecule has 3 rings (SSSR count). The number of amides is 1. The molecule has 0 spiro atoms. The van der Waals surface area contributed by atoms with E-state index in [0.717, 1.165) is 52.2 Å². The van der Waals surface area contributed by atoms with E-state index in [1.165, 1.54) is 6.07 Å². The van der Waals surface area contributed by atoms with Gasteiger partial charge in [-0.25, -0.2) is 9.18 Å². The van der Waals surface area contributed by atoms with Crippen molar-refractivity contribution in [1.29, 1.82) is 0 Å². The molecule has 0 aliphatic carbocycles. The van der Waals surface area contributed by atoms with Crippen LogP contribution in [0.3, 0.4) is 0 Å². The third kappa shape index (κ3) is 4.87. The summed E-state index contributed by atoms with van der Waals surface area (Å²) in [6.07, 6.45) is 0.816. The van der Waals surface area contributed by atoms with E-state index in [1.807, 2.05) is 37.8 Å². The lowest BCUT2D eigenvalue weighted by molar-refractivity contribution is 0.0285. The Bertz CT molecular complexity index is 624. The van der Waals surface area contributed by atoms with Crippen molar-refractivity contribution in [3.05, 3.63) is 30.1 Å². The lowest BCUT2D eigenvalue weighted by atomic mass is 10.1. The smallest absolute Gasteiger partial charge is 0.410 e. The fourth-order valence-corrected chi connectivity index (χ4v) is 3.72. The zero-order chi connectivity index (χ0) is 18.7. The number of para-hydroxylation sites is 1. The second-order valence-corrected chi connectivity index (χ2v) is 8.32. The lowest BCUT2D eigenvalue weighted by Gasteiger charge is -2.37. The van der Waals surface area contributed by atoms with Crippen molar-refractivity contribution in [2.75, 3.05) is 50.7 Å². The maximum absolute atomic E-state index is 13.9. The molecule has 1 aromatic carbocycles. The molecule has 26 heavy (non-hydrogen) atoms. The average Bonchev–Trinajstić information content (AvgIpc) is 3.03. The van der Waals surface area contributed by atoms with Crippen LogP contribution in [0.15, 0.2) is 24.3 Å². The molecule has 144 valence electrons. The minimum atomic E-state index is -0.446. The summed E-state index contributed by atoms with van der Waals surface area (Å²) in [7, 11) is 0. The number of halogens is 1. The molecule has 2 saturated heterocycles. The van der Waals surface area contributed by atoms with Crippen LogP contribution in [0.5, 0.6) is 0 Å². The summed E-state index contributed by atoms with van der Waals surface area (Å²) in [5, 5.41) is 0. The van der Waals surface area contributed by atoms with Gasteiger partial charge in [-0.15, -0.1) is 0 Å². The molecule has 1 amide bonds. The fraction of sp³-hybridized carbons (Fsp3) is 0.650. The molecular formula is C20H30FN3O2. The predicted molar refractivity (Wildman–Crippen MR) is 101 cm³/mol. The minimum absolute atomic E-state index is 0.148. The molecule has 1 aromatic rings. The molecule has 2 fully saturated rings. The summed E-state index contributed by atoms with van der Waals surface area (Å²) in [6, 6.07) is 6.98. The van der Waals surface area contributed by atoms with Crippen LogP contribution < -0.4 is 4.90 Å². The Hall–Kier alpha value is -1.82. The Balaban J connectivity index is 1.44. The second-order valence-electron chi connectivity index (χ2n) is 8.32. The minimum Gasteiger partial charge on any atom is -0.444 e. The topological polar surface area (TPSA) is 36.0 Å². The maximum Gasteiger partial charge on any atom is 0.410 e. The van der Waals surface area contributed by atoms with Crippen molar-refractivity contribution >= 4 is 11.8 Å². The molecule has 6 heteroatoms. The fourth-order valence-electron chi connectivity index (χ4n) is 3.72. The van der Waals surface area contributed by atoms with Gasteiger partial charge in [0.1, 0.15) is 11.4 Å². The normalized spacial score (nSPS) is 21.9. The van der Waals surface area contributed by atoms with Crippen molar-refractivity contribution in [2.45, 2.75) is 32.8 Å². The van der Waals surface area contributed by atoms with E-state index in [0.29, 0.717) is 11.6 Å². The molecule has 5 nitrogen and oxygen atoms in total. The largest absolute Gasteiger partial charge is 0.444 e. The summed E-state index contributed by atoms with van der Waals surface area (Å²) in [6.45, 7) is 11.7. The SMILES string of the molecule is CC(C)(C)OC(=O)N1CCC(CN2CCN(c3ccccc3F)CC2)C1. The number of carbonyl (C=O) groups is 1. The van der Waals surface area contributed by atoms with Crippen molar-refractivity contribution in [1.82, 2.24) is 9.80 Å². The van der Waals surface area contributed by atoms with E-state index in [1.54, 1.807) is 6.07 Å². The van der Waals surface area contributed by atoms with Crippen molar-refractivity contribution in [3.63, 3.8) is 0 Å². The highest BCUT2D eigenvalue weighted by Gasteiger charge is 2.31. The van der Waals surface area contributed by atoms with E-state index >= 15 is 0 Å². The first-order chi connectivity index (χ1) is 12.3. The van der Waals surface area contributed by atoms with Crippen molar-refractivity contribution in [2.24, 2.45) is 5.92 Å². The van der Waals surface area contributed by atoms with Gasteiger partial charge in [0.2, 0.25) is 0 Å². The van der Waals surface area contributed by atoms with Crippen molar-refractivity contribution < 1.29 is 13.9 Å². The van der Waals surface area contributed by atoms with Crippen LogP contribution in [0, 0.1) is 11.7 Å². The molecule has 0 bridgehead atoms. The van der Waals surface area contributed by atoms with Gasteiger partial charge in [0.05, 0.1) is 5.69 Å². The number of nitrogens with zero attached hydrogens (tertiary/aromatic N) is 3. The number of rotatable bonds is 3. The zero-order valence-corrected chi connectivity index (χ0v) is 16.1. The molecule has 0 radical (unpaired) electrons. The number of anilines is 1. The number of hydrogen-bond acceptors (Lipinski definition) is 4. The van der Waals surface area contributed by atoms with E-state index < -0.39 is 5.60 Å². The highest BCUT2D eigenvalue weighted by Crippen LogP contribution is 2.23. The van der Waals surface area contributed by atoms with Gasteiger partial charge in [0, 0.05) is 45.8 Å². The molecule has 1 unspecified atom stereocenters. The summed E-state index contributed by atoms with van der Waals surface area (Å²) >= 11 is 0. The van der Waals surface area contributed by atoms with E-state index in [4.69, 9.17) is 4.74 Å². The van der Waals surface area contributed by atoms with Crippen LogP contribution in [0.1, 0.15) is 27.2 Å². The van der Waals surface area contributed by atoms with Gasteiger partial charge in [0.15, 0.2) is 0 Å². The summed E-state index contributed by atoms with van der Waals surface area (Å²) in [5.41, 5.74) is 0.252. The Morgan fingerprint density at radius 2 is 1.85 bits per heavy atom. The number of piperazine rings is 1. The average molecular weight is 363 g/mol. The molecule has 0 N–H and O–H groups in total. The molecule has 2 aliphatic rings. The quantitative estimate of drug-likeness (QED) is 0.826. The Kier molecular flexibility index (Phi) is 5.70. The standard InChI is InChI=1S/C20H30FN3O2/c1-20(2,3)26-19(25)24-9-8-16(15-24)14-22-10-12-23(13-11-22)18-7-5-4-6-17(18)21/h4-7,16H,8-15H2,1-3H3. The van der Waals surface area contributed by atoms with Gasteiger partial charge in [-0.05, 0) is 45.2 Å². The third-order valence-electron chi connectivity index (χ3n) is 5.02. The number of ether oxygens (including phenoxy) is 1. The number of benzene rings is 1. The van der Waals surface area contributed by atoms with Crippen LogP contribution >= 0.6 is 0 Å². The first kappa shape index (κ1) is 19.0. The Morgan fingerprint density at radius 3 is 2.50 bits per heavy atom. The maximum atomic E-state index is 13.9. The Labute approximate surface area is 155 Å². The van der Waals surface area contributed by atoms with E-state index in [-0.39, 0.29) is 11.9 Å². The molecule has 1 atom stereocenters. The van der Waals surface area contributed by atoms with Gasteiger partial charge in [-0.1, -0.05) is 12.1 Å². The van der Waals surface area contributed by atoms with Gasteiger partial charge in [0.25, 0.3) is 0 Å². The summed E-state index contributed by atoms with van der Waals surface area (Å²) < 4.78 is 19.4. The molecule has 0 aromatic heterocycles. The van der Waals surface area contributed by atoms with Gasteiger partial charge < -0.3 is 14.5 Å². The zero-order valence-electron chi connectivity index (χ0n) is 16.1. The van der Waals surface area contributed by atoms with Crippen LogP contribution in [0.25, 0.3) is 0 Å². The number of carbonyl (C=O) groups excluding carboxylic acids is 1. The highest BCUT2D eigenvalue weighted by atomic mass is 19.1. The molecular weight excluding hydrogens is 333 g/mol. The number of hydrogen-bond donors (Lipinski definition) is 0. The lowest BCUT2D eigenvalue weighted by Crippen LogP contribution is -2.48. The summed E-state index contributed by atoms with van der Waals surface area (Å²) in [5.74, 6) is 0.340. The van der Waals surface area contributed by atoms with Crippen molar-refractivity contribution in [3.8, 4) is 0 Å². The highest BCUT2D eigenvalue weighted by molar-refractivity contribution is 5.68. The van der Waals surface area contributed by atoms with Crippen LogP contribution in [-0.2, 0) is 4.74 Å². The second kappa shape index (κ2) is 7.82. The predicted octanol–water partition coefficient (Wildman–Crippen LogP) is 3.20. The first-order valence-corrected chi connectivity index (χ1v) is 9.51. The number of likely N-dealkylation sites (tertiary alicyclic amines) is 1. The van der Waals surface area contributed by atoms with E-state index in [9.17, 15) is 9.18 Å². The van der Waals surface area contributed by atoms with Gasteiger partial charge >= 0.3 is 6.09 Å². The Morgan fingerprint density at radius 1 is 1.15 bits per heavy atom. The molecule has 0 saturated carbocycles. The van der Waals surface area contributed by atoms with Crippen LogP contribution in [-0.4, -0.2) is 67.3 Å². The molecule has 2 aliphatic heterocycles.